The van der Waals surface area contributed by atoms with Crippen LogP contribution in [0.1, 0.15) is 5.56 Å². The predicted octanol–water partition coefficient (Wildman–Crippen LogP) is 2.41. The molecule has 0 bridgehead atoms. The molecule has 2 unspecified atom stereocenters. The lowest BCUT2D eigenvalue weighted by molar-refractivity contribution is -0.123. The van der Waals surface area contributed by atoms with Crippen LogP contribution in [0.4, 0.5) is 5.69 Å². The van der Waals surface area contributed by atoms with Gasteiger partial charge in [-0.2, -0.15) is 0 Å². The summed E-state index contributed by atoms with van der Waals surface area (Å²) in [5.74, 6) is 0.729. The van der Waals surface area contributed by atoms with E-state index in [-0.39, 0.29) is 30.0 Å². The van der Waals surface area contributed by atoms with Crippen molar-refractivity contribution in [2.24, 2.45) is 0 Å². The van der Waals surface area contributed by atoms with Crippen molar-refractivity contribution in [1.29, 1.82) is 0 Å². The molecule has 0 aromatic heterocycles. The van der Waals surface area contributed by atoms with Crippen LogP contribution in [0.15, 0.2) is 48.5 Å². The van der Waals surface area contributed by atoms with Crippen molar-refractivity contribution in [3.63, 3.8) is 0 Å². The number of ether oxygens (including phenoxy) is 1. The van der Waals surface area contributed by atoms with Gasteiger partial charge >= 0.3 is 0 Å². The van der Waals surface area contributed by atoms with Crippen LogP contribution in [0.25, 0.3) is 0 Å². The Morgan fingerprint density at radius 3 is 2.62 bits per heavy atom. The van der Waals surface area contributed by atoms with E-state index in [1.807, 2.05) is 29.2 Å². The number of carbonyl (C=O) groups is 1. The van der Waals surface area contributed by atoms with Crippen molar-refractivity contribution >= 4 is 33.0 Å². The highest BCUT2D eigenvalue weighted by atomic mass is 35.5. The molecule has 0 saturated carbocycles. The number of sulfone groups is 1. The Morgan fingerprint density at radius 2 is 1.86 bits per heavy atom. The highest BCUT2D eigenvalue weighted by Crippen LogP contribution is 2.33. The van der Waals surface area contributed by atoms with E-state index in [0.29, 0.717) is 23.7 Å². The Balaban J connectivity index is 1.59. The van der Waals surface area contributed by atoms with Gasteiger partial charge in [-0.1, -0.05) is 35.9 Å². The molecule has 2 aliphatic heterocycles. The summed E-state index contributed by atoms with van der Waals surface area (Å²) in [6.07, 6.45) is 0.678. The Bertz CT molecular complexity index is 1030. The first kappa shape index (κ1) is 20.2. The molecule has 154 valence electrons. The minimum atomic E-state index is -3.23. The Hall–Kier alpha value is -2.09. The number of amides is 1. The first-order valence-electron chi connectivity index (χ1n) is 9.52. The first-order chi connectivity index (χ1) is 13.9. The topological polar surface area (TPSA) is 66.9 Å². The third-order valence-electron chi connectivity index (χ3n) is 5.65. The number of fused-ring (bicyclic) bond motifs is 1. The Kier molecular flexibility index (Phi) is 5.55. The average molecular weight is 435 g/mol. The van der Waals surface area contributed by atoms with Crippen LogP contribution in [0.3, 0.4) is 0 Å². The zero-order valence-electron chi connectivity index (χ0n) is 16.1. The lowest BCUT2D eigenvalue weighted by atomic mass is 10.0. The van der Waals surface area contributed by atoms with Crippen molar-refractivity contribution in [3.8, 4) is 5.75 Å². The minimum absolute atomic E-state index is 0.0267. The van der Waals surface area contributed by atoms with Gasteiger partial charge in [-0.15, -0.1) is 0 Å². The van der Waals surface area contributed by atoms with Gasteiger partial charge in [-0.3, -0.25) is 9.69 Å². The molecule has 4 rings (SSSR count). The van der Waals surface area contributed by atoms with Crippen LogP contribution in [0.5, 0.6) is 5.75 Å². The number of hydrogen-bond acceptors (Lipinski definition) is 5. The maximum absolute atomic E-state index is 13.0. The molecule has 0 N–H and O–H groups in total. The number of benzene rings is 2. The average Bonchev–Trinajstić information content (AvgIpc) is 3.01. The fourth-order valence-corrected chi connectivity index (χ4v) is 6.50. The molecule has 2 atom stereocenters. The lowest BCUT2D eigenvalue weighted by Crippen LogP contribution is -2.62. The second-order valence-electron chi connectivity index (χ2n) is 7.49. The van der Waals surface area contributed by atoms with E-state index < -0.39 is 15.9 Å². The second-order valence-corrected chi connectivity index (χ2v) is 10.1. The van der Waals surface area contributed by atoms with Crippen LogP contribution in [-0.4, -0.2) is 63.0 Å². The molecule has 0 radical (unpaired) electrons. The summed E-state index contributed by atoms with van der Waals surface area (Å²) < 4.78 is 30.3. The van der Waals surface area contributed by atoms with Gasteiger partial charge in [0.1, 0.15) is 5.75 Å². The minimum Gasteiger partial charge on any atom is -0.496 e. The molecule has 6 nitrogen and oxygen atoms in total. The summed E-state index contributed by atoms with van der Waals surface area (Å²) in [7, 11) is -1.59. The van der Waals surface area contributed by atoms with Crippen molar-refractivity contribution in [2.75, 3.05) is 36.6 Å². The second kappa shape index (κ2) is 7.97. The summed E-state index contributed by atoms with van der Waals surface area (Å²) in [5.41, 5.74) is 1.69. The molecule has 1 amide bonds. The third kappa shape index (κ3) is 4.13. The van der Waals surface area contributed by atoms with E-state index in [2.05, 4.69) is 0 Å². The first-order valence-corrected chi connectivity index (χ1v) is 11.7. The smallest absolute Gasteiger partial charge is 0.241 e. The molecule has 2 aromatic carbocycles. The Morgan fingerprint density at radius 1 is 1.10 bits per heavy atom. The fraction of sp³-hybridized carbons (Fsp3) is 0.381. The standard InChI is InChI=1S/C21H23ClN2O4S/c1-28-20-8-3-2-5-15(20)9-10-23-12-21(25)24(17-7-4-6-16(22)11-17)19-14-29(26,27)13-18(19)23/h2-8,11,18-19H,9-10,12-14H2,1H3. The van der Waals surface area contributed by atoms with Crippen LogP contribution in [-0.2, 0) is 21.1 Å². The van der Waals surface area contributed by atoms with Crippen molar-refractivity contribution in [3.05, 3.63) is 59.1 Å². The normalized spacial score (nSPS) is 23.8. The molecular weight excluding hydrogens is 412 g/mol. The largest absolute Gasteiger partial charge is 0.496 e. The van der Waals surface area contributed by atoms with Crippen LogP contribution in [0, 0.1) is 0 Å². The monoisotopic (exact) mass is 434 g/mol. The maximum Gasteiger partial charge on any atom is 0.241 e. The van der Waals surface area contributed by atoms with E-state index in [1.165, 1.54) is 0 Å². The Labute approximate surface area is 175 Å². The molecule has 2 aromatic rings. The van der Waals surface area contributed by atoms with Crippen molar-refractivity contribution < 1.29 is 17.9 Å². The van der Waals surface area contributed by atoms with E-state index in [0.717, 1.165) is 11.3 Å². The predicted molar refractivity (Wildman–Crippen MR) is 113 cm³/mol. The number of hydrogen-bond donors (Lipinski definition) is 0. The van der Waals surface area contributed by atoms with Crippen LogP contribution in [0.2, 0.25) is 5.02 Å². The number of halogens is 1. The quantitative estimate of drug-likeness (QED) is 0.723. The van der Waals surface area contributed by atoms with E-state index >= 15 is 0 Å². The van der Waals surface area contributed by atoms with Gasteiger partial charge in [0.25, 0.3) is 0 Å². The molecule has 2 saturated heterocycles. The number of nitrogens with zero attached hydrogens (tertiary/aromatic N) is 2. The zero-order valence-corrected chi connectivity index (χ0v) is 17.7. The van der Waals surface area contributed by atoms with Gasteiger partial charge < -0.3 is 9.64 Å². The number of anilines is 1. The number of para-hydroxylation sites is 1. The van der Waals surface area contributed by atoms with Gasteiger partial charge in [-0.25, -0.2) is 8.42 Å². The van der Waals surface area contributed by atoms with E-state index in [9.17, 15) is 13.2 Å². The molecule has 0 spiro atoms. The molecule has 2 aliphatic rings. The number of carbonyl (C=O) groups excluding carboxylic acids is 1. The summed E-state index contributed by atoms with van der Waals surface area (Å²) in [6, 6.07) is 14.1. The van der Waals surface area contributed by atoms with Crippen molar-refractivity contribution in [2.45, 2.75) is 18.5 Å². The molecule has 8 heteroatoms. The molecule has 2 heterocycles. The van der Waals surface area contributed by atoms with Gasteiger partial charge in [-0.05, 0) is 36.2 Å². The summed E-state index contributed by atoms with van der Waals surface area (Å²) in [4.78, 5) is 16.7. The summed E-state index contributed by atoms with van der Waals surface area (Å²) >= 11 is 6.11. The zero-order chi connectivity index (χ0) is 20.6. The van der Waals surface area contributed by atoms with Crippen LogP contribution < -0.4 is 9.64 Å². The molecular formula is C21H23ClN2O4S. The van der Waals surface area contributed by atoms with E-state index in [4.69, 9.17) is 16.3 Å². The van der Waals surface area contributed by atoms with E-state index in [1.54, 1.807) is 36.3 Å². The van der Waals surface area contributed by atoms with Gasteiger partial charge in [0.15, 0.2) is 9.84 Å². The highest BCUT2D eigenvalue weighted by molar-refractivity contribution is 7.91. The van der Waals surface area contributed by atoms with Gasteiger partial charge in [0.05, 0.1) is 31.2 Å². The number of rotatable bonds is 5. The maximum atomic E-state index is 13.0. The summed E-state index contributed by atoms with van der Waals surface area (Å²) in [5, 5.41) is 0.520. The highest BCUT2D eigenvalue weighted by Gasteiger charge is 2.49. The van der Waals surface area contributed by atoms with Gasteiger partial charge in [0, 0.05) is 23.3 Å². The van der Waals surface area contributed by atoms with Crippen molar-refractivity contribution in [1.82, 2.24) is 4.90 Å². The van der Waals surface area contributed by atoms with Crippen LogP contribution >= 0.6 is 11.6 Å². The number of methoxy groups -OCH3 is 1. The van der Waals surface area contributed by atoms with Gasteiger partial charge in [0.2, 0.25) is 5.91 Å². The third-order valence-corrected chi connectivity index (χ3v) is 7.58. The molecule has 2 fully saturated rings. The lowest BCUT2D eigenvalue weighted by Gasteiger charge is -2.43. The summed E-state index contributed by atoms with van der Waals surface area (Å²) in [6.45, 7) is 0.768. The SMILES string of the molecule is COc1ccccc1CCN1CC(=O)N(c2cccc(Cl)c2)C2CS(=O)(=O)CC21. The molecule has 0 aliphatic carbocycles. The fourth-order valence-electron chi connectivity index (χ4n) is 4.34. The molecule has 29 heavy (non-hydrogen) atoms. The number of piperazine rings is 1.